The number of pyridine rings is 2. The largest absolute Gasteiger partial charge is 0.478 e. The average Bonchev–Trinajstić information content (AvgIpc) is 2.80. The molecule has 2 aromatic heterocycles. The van der Waals surface area contributed by atoms with Gasteiger partial charge in [0, 0.05) is 41.0 Å². The van der Waals surface area contributed by atoms with E-state index >= 15 is 0 Å². The van der Waals surface area contributed by atoms with Gasteiger partial charge in [-0.15, -0.1) is 0 Å². The number of rotatable bonds is 7. The van der Waals surface area contributed by atoms with E-state index in [9.17, 15) is 9.18 Å². The number of carbonyl (C=O) groups is 1. The molecule has 1 N–H and O–H groups in total. The van der Waals surface area contributed by atoms with E-state index in [0.717, 1.165) is 42.9 Å². The summed E-state index contributed by atoms with van der Waals surface area (Å²) in [6, 6.07) is 11.9. The third kappa shape index (κ3) is 5.86. The van der Waals surface area contributed by atoms with E-state index in [0.29, 0.717) is 28.9 Å². The smallest absolute Gasteiger partial charge is 0.337 e. The number of hydrogen-bond acceptors (Lipinski definition) is 5. The molecule has 4 rings (SSSR count). The molecule has 0 amide bonds. The van der Waals surface area contributed by atoms with Gasteiger partial charge in [0.2, 0.25) is 5.88 Å². The molecular weight excluding hydrogens is 445 g/mol. The Bertz CT molecular complexity index is 1150. The van der Waals surface area contributed by atoms with Gasteiger partial charge >= 0.3 is 5.97 Å². The molecule has 1 aromatic carbocycles. The van der Waals surface area contributed by atoms with Crippen molar-refractivity contribution in [1.82, 2.24) is 14.9 Å². The number of benzene rings is 1. The molecule has 0 radical (unpaired) electrons. The van der Waals surface area contributed by atoms with Gasteiger partial charge in [-0.3, -0.25) is 9.88 Å². The molecule has 6 nitrogen and oxygen atoms in total. The number of piperidine rings is 1. The fourth-order valence-corrected chi connectivity index (χ4v) is 4.17. The Balaban J connectivity index is 1.33. The van der Waals surface area contributed by atoms with Gasteiger partial charge in [-0.25, -0.2) is 14.2 Å². The normalized spacial score (nSPS) is 14.9. The molecule has 3 heterocycles. The monoisotopic (exact) mass is 469 g/mol. The molecule has 8 heteroatoms. The lowest BCUT2D eigenvalue weighted by molar-refractivity contribution is 0.0696. The van der Waals surface area contributed by atoms with E-state index in [1.807, 2.05) is 19.1 Å². The summed E-state index contributed by atoms with van der Waals surface area (Å²) < 4.78 is 19.7. The number of aryl methyl sites for hydroxylation is 1. The lowest BCUT2D eigenvalue weighted by atomic mass is 9.93. The third-order valence-corrected chi connectivity index (χ3v) is 6.18. The fraction of sp³-hybridized carbons (Fsp3) is 0.320. The molecule has 0 bridgehead atoms. The van der Waals surface area contributed by atoms with E-state index in [2.05, 4.69) is 14.9 Å². The topological polar surface area (TPSA) is 75.5 Å². The van der Waals surface area contributed by atoms with Crippen LogP contribution >= 0.6 is 11.6 Å². The van der Waals surface area contributed by atoms with E-state index in [-0.39, 0.29) is 12.2 Å². The predicted octanol–water partition coefficient (Wildman–Crippen LogP) is 5.23. The van der Waals surface area contributed by atoms with Crippen LogP contribution in [0.1, 0.15) is 51.6 Å². The highest BCUT2D eigenvalue weighted by atomic mass is 35.5. The third-order valence-electron chi connectivity index (χ3n) is 5.95. The van der Waals surface area contributed by atoms with Crippen LogP contribution in [-0.4, -0.2) is 39.0 Å². The summed E-state index contributed by atoms with van der Waals surface area (Å²) >= 11 is 5.80. The summed E-state index contributed by atoms with van der Waals surface area (Å²) in [5.41, 5.74) is 3.41. The lowest BCUT2D eigenvalue weighted by Crippen LogP contribution is -2.33. The van der Waals surface area contributed by atoms with E-state index in [1.54, 1.807) is 24.3 Å². The summed E-state index contributed by atoms with van der Waals surface area (Å²) in [7, 11) is 0. The number of aromatic nitrogens is 2. The van der Waals surface area contributed by atoms with E-state index in [1.165, 1.54) is 12.3 Å². The predicted molar refractivity (Wildman–Crippen MR) is 123 cm³/mol. The molecule has 1 aliphatic heterocycles. The molecule has 0 unspecified atom stereocenters. The number of aromatic carboxylic acids is 1. The molecule has 0 aliphatic carbocycles. The molecule has 3 aromatic rings. The summed E-state index contributed by atoms with van der Waals surface area (Å²) in [6.45, 7) is 4.48. The number of carboxylic acids is 1. The Morgan fingerprint density at radius 3 is 2.73 bits per heavy atom. The summed E-state index contributed by atoms with van der Waals surface area (Å²) in [5, 5.41) is 9.46. The standard InChI is InChI=1S/C25H25ClFN3O3/c1-16-11-19(25(31)32)13-28-23(16)14-30-9-7-17(8-10-30)22-3-2-4-24(29-22)33-15-18-5-6-20(26)12-21(18)27/h2-6,11-13,17H,7-10,14-15H2,1H3,(H,31,32). The van der Waals surface area contributed by atoms with Crippen molar-refractivity contribution >= 4 is 17.6 Å². The Labute approximate surface area is 197 Å². The number of halogens is 2. The minimum absolute atomic E-state index is 0.0882. The summed E-state index contributed by atoms with van der Waals surface area (Å²) in [5.74, 6) is -0.563. The van der Waals surface area contributed by atoms with Gasteiger partial charge in [0.25, 0.3) is 0 Å². The van der Waals surface area contributed by atoms with Crippen LogP contribution in [0.15, 0.2) is 48.7 Å². The first-order valence-electron chi connectivity index (χ1n) is 10.8. The second-order valence-corrected chi connectivity index (χ2v) is 8.70. The minimum atomic E-state index is -0.963. The molecule has 0 saturated carbocycles. The quantitative estimate of drug-likeness (QED) is 0.510. The van der Waals surface area contributed by atoms with Crippen LogP contribution < -0.4 is 4.74 Å². The molecule has 172 valence electrons. The maximum Gasteiger partial charge on any atom is 0.337 e. The van der Waals surface area contributed by atoms with Crippen LogP contribution in [0.4, 0.5) is 4.39 Å². The zero-order valence-corrected chi connectivity index (χ0v) is 19.1. The highest BCUT2D eigenvalue weighted by Gasteiger charge is 2.23. The molecule has 33 heavy (non-hydrogen) atoms. The van der Waals surface area contributed by atoms with Crippen LogP contribution in [0.3, 0.4) is 0 Å². The van der Waals surface area contributed by atoms with Crippen molar-refractivity contribution in [1.29, 1.82) is 0 Å². The van der Waals surface area contributed by atoms with Gasteiger partial charge in [-0.05, 0) is 62.7 Å². The van der Waals surface area contributed by atoms with Gasteiger partial charge in [0.05, 0.1) is 11.3 Å². The highest BCUT2D eigenvalue weighted by molar-refractivity contribution is 6.30. The maximum absolute atomic E-state index is 14.0. The minimum Gasteiger partial charge on any atom is -0.478 e. The van der Waals surface area contributed by atoms with Gasteiger partial charge in [0.15, 0.2) is 0 Å². The first-order chi connectivity index (χ1) is 15.9. The van der Waals surface area contributed by atoms with Crippen LogP contribution in [0.25, 0.3) is 0 Å². The number of carboxylic acid groups (broad SMARTS) is 1. The van der Waals surface area contributed by atoms with Gasteiger partial charge in [0.1, 0.15) is 12.4 Å². The Kier molecular flexibility index (Phi) is 7.20. The molecule has 0 spiro atoms. The second-order valence-electron chi connectivity index (χ2n) is 8.27. The first kappa shape index (κ1) is 23.1. The lowest BCUT2D eigenvalue weighted by Gasteiger charge is -2.31. The van der Waals surface area contributed by atoms with Crippen molar-refractivity contribution in [3.8, 4) is 5.88 Å². The molecule has 1 saturated heterocycles. The molecule has 1 fully saturated rings. The van der Waals surface area contributed by atoms with Crippen molar-refractivity contribution in [2.45, 2.75) is 38.8 Å². The number of likely N-dealkylation sites (tertiary alicyclic amines) is 1. The molecular formula is C25H25ClFN3O3. The van der Waals surface area contributed by atoms with Crippen molar-refractivity contribution in [3.63, 3.8) is 0 Å². The number of nitrogens with zero attached hydrogens (tertiary/aromatic N) is 3. The average molecular weight is 470 g/mol. The second kappa shape index (κ2) is 10.3. The van der Waals surface area contributed by atoms with E-state index in [4.69, 9.17) is 21.4 Å². The number of ether oxygens (including phenoxy) is 1. The van der Waals surface area contributed by atoms with Crippen LogP contribution in [0.5, 0.6) is 5.88 Å². The van der Waals surface area contributed by atoms with E-state index < -0.39 is 11.8 Å². The van der Waals surface area contributed by atoms with Crippen molar-refractivity contribution in [2.75, 3.05) is 13.1 Å². The van der Waals surface area contributed by atoms with Crippen LogP contribution in [0, 0.1) is 12.7 Å². The van der Waals surface area contributed by atoms with Crippen molar-refractivity contribution < 1.29 is 19.0 Å². The van der Waals surface area contributed by atoms with Gasteiger partial charge in [-0.1, -0.05) is 23.7 Å². The Hall–Kier alpha value is -3.03. The van der Waals surface area contributed by atoms with Crippen LogP contribution in [-0.2, 0) is 13.2 Å². The zero-order chi connectivity index (χ0) is 23.4. The Morgan fingerprint density at radius 1 is 1.24 bits per heavy atom. The Morgan fingerprint density at radius 2 is 2.03 bits per heavy atom. The molecule has 1 aliphatic rings. The highest BCUT2D eigenvalue weighted by Crippen LogP contribution is 2.29. The molecule has 0 atom stereocenters. The summed E-state index contributed by atoms with van der Waals surface area (Å²) in [6.07, 6.45) is 3.33. The van der Waals surface area contributed by atoms with Crippen LogP contribution in [0.2, 0.25) is 5.02 Å². The maximum atomic E-state index is 14.0. The fourth-order valence-electron chi connectivity index (χ4n) is 4.01. The van der Waals surface area contributed by atoms with Crippen molar-refractivity contribution in [2.24, 2.45) is 0 Å². The van der Waals surface area contributed by atoms with Crippen molar-refractivity contribution in [3.05, 3.63) is 87.6 Å². The number of hydrogen-bond donors (Lipinski definition) is 1. The van der Waals surface area contributed by atoms with Gasteiger partial charge in [-0.2, -0.15) is 0 Å². The first-order valence-corrected chi connectivity index (χ1v) is 11.2. The summed E-state index contributed by atoms with van der Waals surface area (Å²) in [4.78, 5) is 22.4. The zero-order valence-electron chi connectivity index (χ0n) is 18.3. The van der Waals surface area contributed by atoms with Gasteiger partial charge < -0.3 is 9.84 Å². The SMILES string of the molecule is Cc1cc(C(=O)O)cnc1CN1CCC(c2cccc(OCc3ccc(Cl)cc3F)n2)CC1.